The number of aromatic nitrogens is 1. The molecule has 2 amide bonds. The van der Waals surface area contributed by atoms with Crippen molar-refractivity contribution in [3.8, 4) is 0 Å². The maximum Gasteiger partial charge on any atom is 0.315 e. The van der Waals surface area contributed by atoms with Crippen molar-refractivity contribution in [2.75, 3.05) is 11.9 Å². The van der Waals surface area contributed by atoms with Gasteiger partial charge in [-0.2, -0.15) is 0 Å². The molecule has 1 atom stereocenters. The maximum atomic E-state index is 12.5. The van der Waals surface area contributed by atoms with Crippen LogP contribution in [0.3, 0.4) is 0 Å². The van der Waals surface area contributed by atoms with Gasteiger partial charge in [-0.3, -0.25) is 14.9 Å². The average Bonchev–Trinajstić information content (AvgIpc) is 3.01. The highest BCUT2D eigenvalue weighted by Gasteiger charge is 2.34. The van der Waals surface area contributed by atoms with Gasteiger partial charge < -0.3 is 4.90 Å². The Hall–Kier alpha value is -1.73. The third kappa shape index (κ3) is 3.03. The highest BCUT2D eigenvalue weighted by atomic mass is 32.1. The number of nitrogens with zero attached hydrogens (tertiary/aromatic N) is 2. The summed E-state index contributed by atoms with van der Waals surface area (Å²) in [6.45, 7) is 0.639. The number of thiophene rings is 1. The Bertz CT molecular complexity index is 722. The maximum absolute atomic E-state index is 12.5. The zero-order valence-electron chi connectivity index (χ0n) is 12.5. The first kappa shape index (κ1) is 14.8. The van der Waals surface area contributed by atoms with Gasteiger partial charge in [-0.05, 0) is 37.1 Å². The van der Waals surface area contributed by atoms with E-state index in [4.69, 9.17) is 0 Å². The molecular weight excluding hydrogens is 330 g/mol. The normalized spacial score (nSPS) is 20.7. The van der Waals surface area contributed by atoms with Gasteiger partial charge in [-0.15, -0.1) is 22.7 Å². The van der Waals surface area contributed by atoms with Gasteiger partial charge in [0.2, 0.25) is 0 Å². The fourth-order valence-corrected chi connectivity index (χ4v) is 4.64. The molecule has 7 heteroatoms. The summed E-state index contributed by atoms with van der Waals surface area (Å²) in [6, 6.07) is 4.05. The molecule has 2 aromatic rings. The number of anilines is 1. The highest BCUT2D eigenvalue weighted by molar-refractivity contribution is 7.14. The number of likely N-dealkylation sites (tertiary alicyclic amines) is 1. The van der Waals surface area contributed by atoms with Gasteiger partial charge in [0.15, 0.2) is 5.13 Å². The van der Waals surface area contributed by atoms with E-state index in [1.54, 1.807) is 16.2 Å². The van der Waals surface area contributed by atoms with E-state index in [1.165, 1.54) is 24.2 Å². The Morgan fingerprint density at radius 2 is 2.13 bits per heavy atom. The Balaban J connectivity index is 1.43. The first-order valence-electron chi connectivity index (χ1n) is 7.83. The molecule has 0 bridgehead atoms. The summed E-state index contributed by atoms with van der Waals surface area (Å²) in [5.74, 6) is -0.483. The van der Waals surface area contributed by atoms with Crippen molar-refractivity contribution in [2.45, 2.75) is 37.6 Å². The van der Waals surface area contributed by atoms with Crippen LogP contribution in [-0.2, 0) is 9.59 Å². The number of hydrogen-bond acceptors (Lipinski definition) is 5. The lowest BCUT2D eigenvalue weighted by atomic mass is 10.2. The molecule has 0 aromatic carbocycles. The van der Waals surface area contributed by atoms with Crippen molar-refractivity contribution in [1.29, 1.82) is 0 Å². The van der Waals surface area contributed by atoms with Crippen molar-refractivity contribution in [3.63, 3.8) is 0 Å². The van der Waals surface area contributed by atoms with Crippen LogP contribution in [0.15, 0.2) is 22.9 Å². The van der Waals surface area contributed by atoms with E-state index in [0.717, 1.165) is 23.4 Å². The van der Waals surface area contributed by atoms with Crippen LogP contribution in [0.1, 0.15) is 48.2 Å². The molecule has 23 heavy (non-hydrogen) atoms. The minimum Gasteiger partial charge on any atom is -0.327 e. The van der Waals surface area contributed by atoms with Crippen LogP contribution in [0.25, 0.3) is 0 Å². The summed E-state index contributed by atoms with van der Waals surface area (Å²) >= 11 is 3.03. The van der Waals surface area contributed by atoms with Gasteiger partial charge in [0.25, 0.3) is 0 Å². The molecule has 3 heterocycles. The van der Waals surface area contributed by atoms with E-state index >= 15 is 0 Å². The van der Waals surface area contributed by atoms with Crippen LogP contribution in [0.5, 0.6) is 0 Å². The van der Waals surface area contributed by atoms with E-state index in [9.17, 15) is 9.59 Å². The number of nitrogens with one attached hydrogen (secondary N) is 1. The minimum atomic E-state index is -0.579. The van der Waals surface area contributed by atoms with Crippen LogP contribution in [0.4, 0.5) is 5.13 Å². The fraction of sp³-hybridized carbons (Fsp3) is 0.438. The number of carbonyl (C=O) groups is 2. The first-order valence-corrected chi connectivity index (χ1v) is 9.59. The van der Waals surface area contributed by atoms with Gasteiger partial charge in [0, 0.05) is 22.7 Å². The molecule has 2 fully saturated rings. The molecular formula is C16H17N3O2S2. The lowest BCUT2D eigenvalue weighted by Gasteiger charge is -2.22. The number of rotatable bonds is 3. The smallest absolute Gasteiger partial charge is 0.315 e. The van der Waals surface area contributed by atoms with Crippen LogP contribution in [0, 0.1) is 0 Å². The molecule has 1 aliphatic carbocycles. The number of hydrogen-bond donors (Lipinski definition) is 1. The molecule has 1 N–H and O–H groups in total. The van der Waals surface area contributed by atoms with Gasteiger partial charge in [-0.25, -0.2) is 4.98 Å². The minimum absolute atomic E-state index is 0.0339. The summed E-state index contributed by atoms with van der Waals surface area (Å²) in [4.78, 5) is 32.0. The average molecular weight is 347 g/mol. The quantitative estimate of drug-likeness (QED) is 0.866. The predicted octanol–water partition coefficient (Wildman–Crippen LogP) is 3.38. The summed E-state index contributed by atoms with van der Waals surface area (Å²) in [6.07, 6.45) is 4.20. The second-order valence-corrected chi connectivity index (χ2v) is 7.82. The second-order valence-electron chi connectivity index (χ2n) is 5.98. The molecule has 2 aromatic heterocycles. The fourth-order valence-electron chi connectivity index (χ4n) is 2.98. The Morgan fingerprint density at radius 3 is 2.87 bits per heavy atom. The Labute approximate surface area is 142 Å². The molecule has 1 saturated heterocycles. The van der Waals surface area contributed by atoms with Crippen LogP contribution in [0.2, 0.25) is 0 Å². The summed E-state index contributed by atoms with van der Waals surface area (Å²) < 4.78 is 0. The number of carbonyl (C=O) groups excluding carboxylic acids is 2. The molecule has 2 aliphatic rings. The molecule has 0 radical (unpaired) electrons. The number of amides is 2. The predicted molar refractivity (Wildman–Crippen MR) is 90.7 cm³/mol. The highest BCUT2D eigenvalue weighted by Crippen LogP contribution is 2.41. The Morgan fingerprint density at radius 1 is 1.26 bits per heavy atom. The lowest BCUT2D eigenvalue weighted by molar-refractivity contribution is -0.143. The summed E-state index contributed by atoms with van der Waals surface area (Å²) in [5.41, 5.74) is 1.04. The molecule has 0 unspecified atom stereocenters. The van der Waals surface area contributed by atoms with E-state index in [1.807, 2.05) is 22.9 Å². The summed E-state index contributed by atoms with van der Waals surface area (Å²) in [5, 5.41) is 7.17. The zero-order chi connectivity index (χ0) is 15.8. The van der Waals surface area contributed by atoms with E-state index < -0.39 is 11.8 Å². The Kier molecular flexibility index (Phi) is 3.90. The molecule has 120 valence electrons. The molecule has 1 aliphatic heterocycles. The zero-order valence-corrected chi connectivity index (χ0v) is 14.2. The van der Waals surface area contributed by atoms with Gasteiger partial charge in [-0.1, -0.05) is 6.07 Å². The summed E-state index contributed by atoms with van der Waals surface area (Å²) in [7, 11) is 0. The lowest BCUT2D eigenvalue weighted by Crippen LogP contribution is -2.39. The van der Waals surface area contributed by atoms with Crippen LogP contribution < -0.4 is 5.32 Å². The molecule has 1 saturated carbocycles. The van der Waals surface area contributed by atoms with E-state index in [-0.39, 0.29) is 6.04 Å². The SMILES string of the molecule is O=C(Nc1nc(C2CC2)cs1)C(=O)N1CCC[C@H]1c1cccs1. The molecule has 4 rings (SSSR count). The number of thiazole rings is 1. The topological polar surface area (TPSA) is 62.3 Å². The van der Waals surface area contributed by atoms with Gasteiger partial charge >= 0.3 is 11.8 Å². The van der Waals surface area contributed by atoms with E-state index in [2.05, 4.69) is 10.3 Å². The third-order valence-corrected chi connectivity index (χ3v) is 6.07. The van der Waals surface area contributed by atoms with Gasteiger partial charge in [0.1, 0.15) is 0 Å². The van der Waals surface area contributed by atoms with Crippen molar-refractivity contribution < 1.29 is 9.59 Å². The van der Waals surface area contributed by atoms with E-state index in [0.29, 0.717) is 17.6 Å². The van der Waals surface area contributed by atoms with Crippen molar-refractivity contribution in [3.05, 3.63) is 33.5 Å². The second kappa shape index (κ2) is 6.05. The van der Waals surface area contributed by atoms with Crippen LogP contribution >= 0.6 is 22.7 Å². The third-order valence-electron chi connectivity index (χ3n) is 4.32. The van der Waals surface area contributed by atoms with Gasteiger partial charge in [0.05, 0.1) is 11.7 Å². The standard InChI is InChI=1S/C16H17N3O2S2/c20-14(18-16-17-11(9-23-16)10-5-6-10)15(21)19-7-1-3-12(19)13-4-2-8-22-13/h2,4,8-10,12H,1,3,5-7H2,(H,17,18,20)/t12-/m0/s1. The van der Waals surface area contributed by atoms with Crippen molar-refractivity contribution in [2.24, 2.45) is 0 Å². The van der Waals surface area contributed by atoms with Crippen molar-refractivity contribution in [1.82, 2.24) is 9.88 Å². The van der Waals surface area contributed by atoms with Crippen LogP contribution in [-0.4, -0.2) is 28.2 Å². The molecule has 5 nitrogen and oxygen atoms in total. The first-order chi connectivity index (χ1) is 11.2. The largest absolute Gasteiger partial charge is 0.327 e. The monoisotopic (exact) mass is 347 g/mol. The molecule has 0 spiro atoms. The van der Waals surface area contributed by atoms with Crippen molar-refractivity contribution >= 4 is 39.6 Å².